The monoisotopic (exact) mass is 360 g/mol. The molecule has 0 aliphatic heterocycles. The van der Waals surface area contributed by atoms with Gasteiger partial charge in [0.2, 0.25) is 15.0 Å². The number of hydrogen-bond acceptors (Lipinski definition) is 4. The standard InChI is InChI=1S/C16H13ClN4O2S/c1-24(22,23)16-19-13-4-2-3-5-14(13)21(16)10-12-9-20-8-11(17)6-7-15(20)18-12/h2-9H,10H2,1H3. The Bertz CT molecular complexity index is 1180. The number of sulfone groups is 1. The first-order valence-corrected chi connectivity index (χ1v) is 9.47. The molecular weight excluding hydrogens is 348 g/mol. The van der Waals surface area contributed by atoms with E-state index in [0.717, 1.165) is 23.1 Å². The lowest BCUT2D eigenvalue weighted by Gasteiger charge is -2.05. The summed E-state index contributed by atoms with van der Waals surface area (Å²) in [6.07, 6.45) is 4.76. The third-order valence-electron chi connectivity index (χ3n) is 3.74. The van der Waals surface area contributed by atoms with E-state index in [9.17, 15) is 8.42 Å². The second-order valence-corrected chi connectivity index (χ2v) is 7.93. The molecule has 0 radical (unpaired) electrons. The zero-order chi connectivity index (χ0) is 16.9. The van der Waals surface area contributed by atoms with Crippen molar-refractivity contribution in [2.75, 3.05) is 6.26 Å². The van der Waals surface area contributed by atoms with Crippen LogP contribution >= 0.6 is 11.6 Å². The quantitative estimate of drug-likeness (QED) is 0.563. The van der Waals surface area contributed by atoms with Crippen LogP contribution in [0.4, 0.5) is 0 Å². The number of imidazole rings is 2. The van der Waals surface area contributed by atoms with E-state index in [1.54, 1.807) is 22.9 Å². The summed E-state index contributed by atoms with van der Waals surface area (Å²) in [5.74, 6) is 0. The van der Waals surface area contributed by atoms with Gasteiger partial charge in [-0.1, -0.05) is 23.7 Å². The number of halogens is 1. The van der Waals surface area contributed by atoms with Crippen molar-refractivity contribution in [3.05, 3.63) is 59.5 Å². The molecule has 1 aromatic carbocycles. The fraction of sp³-hybridized carbons (Fsp3) is 0.125. The van der Waals surface area contributed by atoms with Crippen molar-refractivity contribution in [3.63, 3.8) is 0 Å². The van der Waals surface area contributed by atoms with Crippen LogP contribution in [-0.4, -0.2) is 33.6 Å². The average molecular weight is 361 g/mol. The molecule has 0 aliphatic carbocycles. The van der Waals surface area contributed by atoms with Crippen LogP contribution in [0.25, 0.3) is 16.7 Å². The van der Waals surface area contributed by atoms with Crippen LogP contribution in [0.15, 0.2) is 53.9 Å². The van der Waals surface area contributed by atoms with Crippen LogP contribution in [-0.2, 0) is 16.4 Å². The average Bonchev–Trinajstić information content (AvgIpc) is 3.08. The molecule has 4 rings (SSSR count). The van der Waals surface area contributed by atoms with Gasteiger partial charge in [0.05, 0.1) is 28.3 Å². The van der Waals surface area contributed by atoms with Gasteiger partial charge >= 0.3 is 0 Å². The Hall–Kier alpha value is -2.38. The van der Waals surface area contributed by atoms with Gasteiger partial charge in [-0.15, -0.1) is 0 Å². The molecule has 0 unspecified atom stereocenters. The maximum Gasteiger partial charge on any atom is 0.228 e. The predicted molar refractivity (Wildman–Crippen MR) is 92.1 cm³/mol. The molecule has 4 aromatic rings. The second-order valence-electron chi connectivity index (χ2n) is 5.59. The van der Waals surface area contributed by atoms with Gasteiger partial charge < -0.3 is 8.97 Å². The number of para-hydroxylation sites is 2. The number of fused-ring (bicyclic) bond motifs is 2. The highest BCUT2D eigenvalue weighted by molar-refractivity contribution is 7.90. The smallest absolute Gasteiger partial charge is 0.228 e. The largest absolute Gasteiger partial charge is 0.309 e. The summed E-state index contributed by atoms with van der Waals surface area (Å²) in [7, 11) is -3.46. The van der Waals surface area contributed by atoms with Crippen molar-refractivity contribution >= 4 is 38.1 Å². The van der Waals surface area contributed by atoms with E-state index in [2.05, 4.69) is 9.97 Å². The van der Waals surface area contributed by atoms with Crippen LogP contribution in [0, 0.1) is 0 Å². The van der Waals surface area contributed by atoms with Crippen LogP contribution in [0.5, 0.6) is 0 Å². The molecule has 122 valence electrons. The summed E-state index contributed by atoms with van der Waals surface area (Å²) in [5.41, 5.74) is 2.88. The fourth-order valence-electron chi connectivity index (χ4n) is 2.74. The Morgan fingerprint density at radius 1 is 1.08 bits per heavy atom. The van der Waals surface area contributed by atoms with E-state index in [-0.39, 0.29) is 5.16 Å². The van der Waals surface area contributed by atoms with Gasteiger partial charge in [0, 0.05) is 18.6 Å². The van der Waals surface area contributed by atoms with Gasteiger partial charge in [-0.05, 0) is 24.3 Å². The first kappa shape index (κ1) is 15.2. The Balaban J connectivity index is 1.88. The van der Waals surface area contributed by atoms with Crippen molar-refractivity contribution in [1.29, 1.82) is 0 Å². The number of hydrogen-bond donors (Lipinski definition) is 0. The van der Waals surface area contributed by atoms with Crippen molar-refractivity contribution in [1.82, 2.24) is 18.9 Å². The highest BCUT2D eigenvalue weighted by atomic mass is 35.5. The lowest BCUT2D eigenvalue weighted by Crippen LogP contribution is -2.10. The second kappa shape index (κ2) is 5.32. The van der Waals surface area contributed by atoms with Crippen LogP contribution in [0.3, 0.4) is 0 Å². The van der Waals surface area contributed by atoms with Crippen LogP contribution in [0.1, 0.15) is 5.69 Å². The third-order valence-corrected chi connectivity index (χ3v) is 4.93. The van der Waals surface area contributed by atoms with Crippen molar-refractivity contribution in [3.8, 4) is 0 Å². The molecule has 24 heavy (non-hydrogen) atoms. The first-order chi connectivity index (χ1) is 11.4. The lowest BCUT2D eigenvalue weighted by atomic mass is 10.3. The molecule has 8 heteroatoms. The van der Waals surface area contributed by atoms with E-state index < -0.39 is 9.84 Å². The topological polar surface area (TPSA) is 69.3 Å². The Labute approximate surface area is 143 Å². The summed E-state index contributed by atoms with van der Waals surface area (Å²) in [4.78, 5) is 8.79. The molecule has 3 aromatic heterocycles. The van der Waals surface area contributed by atoms with E-state index in [0.29, 0.717) is 17.1 Å². The normalized spacial score (nSPS) is 12.2. The minimum absolute atomic E-state index is 0.0405. The predicted octanol–water partition coefficient (Wildman–Crippen LogP) is 2.79. The summed E-state index contributed by atoms with van der Waals surface area (Å²) in [5, 5.41) is 0.648. The molecule has 0 saturated heterocycles. The van der Waals surface area contributed by atoms with Gasteiger partial charge in [0.25, 0.3) is 0 Å². The summed E-state index contributed by atoms with van der Waals surface area (Å²) >= 11 is 5.99. The molecule has 0 bridgehead atoms. The lowest BCUT2D eigenvalue weighted by molar-refractivity contribution is 0.580. The highest BCUT2D eigenvalue weighted by Gasteiger charge is 2.20. The summed E-state index contributed by atoms with van der Waals surface area (Å²) < 4.78 is 27.7. The SMILES string of the molecule is CS(=O)(=O)c1nc2ccccc2n1Cc1cn2cc(Cl)ccc2n1. The minimum atomic E-state index is -3.46. The van der Waals surface area contributed by atoms with Crippen molar-refractivity contribution < 1.29 is 8.42 Å². The number of rotatable bonds is 3. The van der Waals surface area contributed by atoms with Crippen molar-refractivity contribution in [2.45, 2.75) is 11.7 Å². The summed E-state index contributed by atoms with van der Waals surface area (Å²) in [6.45, 7) is 0.308. The molecule has 0 atom stereocenters. The van der Waals surface area contributed by atoms with Crippen molar-refractivity contribution in [2.24, 2.45) is 0 Å². The summed E-state index contributed by atoms with van der Waals surface area (Å²) in [6, 6.07) is 10.9. The number of pyridine rings is 1. The molecule has 6 nitrogen and oxygen atoms in total. The van der Waals surface area contributed by atoms with Gasteiger partial charge in [-0.2, -0.15) is 0 Å². The Morgan fingerprint density at radius 3 is 2.67 bits per heavy atom. The minimum Gasteiger partial charge on any atom is -0.309 e. The Kier molecular flexibility index (Phi) is 3.36. The fourth-order valence-corrected chi connectivity index (χ4v) is 3.74. The maximum atomic E-state index is 12.1. The zero-order valence-corrected chi connectivity index (χ0v) is 14.3. The van der Waals surface area contributed by atoms with E-state index >= 15 is 0 Å². The van der Waals surface area contributed by atoms with Crippen LogP contribution in [0.2, 0.25) is 5.02 Å². The van der Waals surface area contributed by atoms with E-state index in [4.69, 9.17) is 11.6 Å². The molecule has 3 heterocycles. The molecule has 0 spiro atoms. The highest BCUT2D eigenvalue weighted by Crippen LogP contribution is 2.21. The zero-order valence-electron chi connectivity index (χ0n) is 12.7. The van der Waals surface area contributed by atoms with Gasteiger partial charge in [-0.25, -0.2) is 18.4 Å². The molecule has 0 aliphatic rings. The van der Waals surface area contributed by atoms with Crippen LogP contribution < -0.4 is 0 Å². The molecular formula is C16H13ClN4O2S. The van der Waals surface area contributed by atoms with Gasteiger partial charge in [-0.3, -0.25) is 0 Å². The van der Waals surface area contributed by atoms with Gasteiger partial charge in [0.15, 0.2) is 0 Å². The molecule has 0 N–H and O–H groups in total. The van der Waals surface area contributed by atoms with Gasteiger partial charge in [0.1, 0.15) is 5.65 Å². The van der Waals surface area contributed by atoms with E-state index in [1.165, 1.54) is 0 Å². The molecule has 0 amide bonds. The maximum absolute atomic E-state index is 12.1. The third kappa shape index (κ3) is 2.55. The Morgan fingerprint density at radius 2 is 1.88 bits per heavy atom. The number of nitrogens with zero attached hydrogens (tertiary/aromatic N) is 4. The number of aromatic nitrogens is 4. The molecule has 0 fully saturated rings. The van der Waals surface area contributed by atoms with E-state index in [1.807, 2.05) is 34.9 Å². The number of benzene rings is 1. The molecule has 0 saturated carbocycles. The first-order valence-electron chi connectivity index (χ1n) is 7.20.